The summed E-state index contributed by atoms with van der Waals surface area (Å²) >= 11 is 0. The van der Waals surface area contributed by atoms with Gasteiger partial charge in [-0.05, 0) is 27.2 Å². The van der Waals surface area contributed by atoms with E-state index in [0.29, 0.717) is 6.21 Å². The predicted molar refractivity (Wildman–Crippen MR) is 75.4 cm³/mol. The summed E-state index contributed by atoms with van der Waals surface area (Å²) in [6.45, 7) is 4.60. The molecule has 0 aromatic carbocycles. The van der Waals surface area contributed by atoms with Crippen LogP contribution in [0.1, 0.15) is 33.6 Å². The Hall–Kier alpha value is -1.70. The second kappa shape index (κ2) is 7.79. The summed E-state index contributed by atoms with van der Waals surface area (Å²) in [6, 6.07) is 0. The van der Waals surface area contributed by atoms with Gasteiger partial charge in [0.25, 0.3) is 0 Å². The van der Waals surface area contributed by atoms with Gasteiger partial charge in [0.2, 0.25) is 5.91 Å². The number of amides is 1. The van der Waals surface area contributed by atoms with Gasteiger partial charge in [-0.2, -0.15) is 0 Å². The first-order valence-corrected chi connectivity index (χ1v) is 6.37. The fraction of sp³-hybridized carbons (Fsp3) is 0.667. The highest BCUT2D eigenvalue weighted by Crippen LogP contribution is 2.13. The molecule has 0 aliphatic carbocycles. The van der Waals surface area contributed by atoms with Gasteiger partial charge in [-0.15, -0.1) is 0 Å². The van der Waals surface area contributed by atoms with E-state index in [1.807, 2.05) is 0 Å². The van der Waals surface area contributed by atoms with Gasteiger partial charge in [0, 0.05) is 6.42 Å². The minimum atomic E-state index is -1.42. The molecule has 0 aromatic rings. The predicted octanol–water partition coefficient (Wildman–Crippen LogP) is -1.24. The summed E-state index contributed by atoms with van der Waals surface area (Å²) in [5, 5.41) is 18.4. The minimum absolute atomic E-state index is 0.00870. The highest BCUT2D eigenvalue weighted by molar-refractivity contribution is 6.30. The second-order valence-corrected chi connectivity index (χ2v) is 5.06. The number of Topliss-reactive ketones (excluding diaryl/α,β-unsaturated/α-hetero) is 1. The molecule has 0 saturated carbocycles. The molecule has 0 aliphatic rings. The molecule has 0 rings (SSSR count). The number of rotatable bonds is 8. The zero-order valence-corrected chi connectivity index (χ0v) is 12.2. The van der Waals surface area contributed by atoms with Gasteiger partial charge in [-0.25, -0.2) is 0 Å². The molecule has 20 heavy (non-hydrogen) atoms. The van der Waals surface area contributed by atoms with Crippen LogP contribution in [0.25, 0.3) is 0 Å². The number of aliphatic hydroxyl groups is 1. The molecular formula is C12H21BN2O5. The van der Waals surface area contributed by atoms with Crippen molar-refractivity contribution in [1.29, 1.82) is 5.41 Å². The fourth-order valence-electron chi connectivity index (χ4n) is 1.38. The third-order valence-electron chi connectivity index (χ3n) is 2.60. The molecule has 0 saturated heterocycles. The van der Waals surface area contributed by atoms with Crippen molar-refractivity contribution in [2.24, 2.45) is 0 Å². The third kappa shape index (κ3) is 5.96. The summed E-state index contributed by atoms with van der Waals surface area (Å²) < 4.78 is 5.06. The lowest BCUT2D eigenvalue weighted by atomic mass is 9.73. The number of ketones is 1. The largest absolute Gasteiger partial charge is 0.462 e. The Balaban J connectivity index is 5.00. The molecule has 0 aliphatic heterocycles. The molecular weight excluding hydrogens is 263 g/mol. The summed E-state index contributed by atoms with van der Waals surface area (Å²) in [7, 11) is 1.43. The van der Waals surface area contributed by atoms with Crippen molar-refractivity contribution in [2.45, 2.75) is 51.3 Å². The topological polar surface area (TPSA) is 117 Å². The van der Waals surface area contributed by atoms with Crippen molar-refractivity contribution in [3.8, 4) is 0 Å². The van der Waals surface area contributed by atoms with Crippen LogP contribution in [-0.2, 0) is 19.1 Å². The molecule has 7 nitrogen and oxygen atoms in total. The first kappa shape index (κ1) is 18.3. The van der Waals surface area contributed by atoms with E-state index in [2.05, 4.69) is 5.32 Å². The lowest BCUT2D eigenvalue weighted by molar-refractivity contribution is -0.154. The minimum Gasteiger partial charge on any atom is -0.462 e. The van der Waals surface area contributed by atoms with Crippen molar-refractivity contribution >= 4 is 31.7 Å². The fourth-order valence-corrected chi connectivity index (χ4v) is 1.38. The van der Waals surface area contributed by atoms with Crippen LogP contribution in [0.15, 0.2) is 0 Å². The van der Waals surface area contributed by atoms with E-state index in [1.165, 1.54) is 14.8 Å². The molecule has 1 amide bonds. The van der Waals surface area contributed by atoms with Gasteiger partial charge in [0.05, 0.1) is 12.3 Å². The number of hydrogen-bond acceptors (Lipinski definition) is 6. The number of carbonyl (C=O) groups excluding carboxylic acids is 3. The summed E-state index contributed by atoms with van der Waals surface area (Å²) in [5.41, 5.74) is -1.42. The highest BCUT2D eigenvalue weighted by Gasteiger charge is 2.37. The third-order valence-corrected chi connectivity index (χ3v) is 2.60. The summed E-state index contributed by atoms with van der Waals surface area (Å²) in [4.78, 5) is 34.8. The van der Waals surface area contributed by atoms with Crippen molar-refractivity contribution < 1.29 is 24.2 Å². The van der Waals surface area contributed by atoms with Gasteiger partial charge in [-0.1, -0.05) is 0 Å². The molecule has 0 heterocycles. The van der Waals surface area contributed by atoms with Crippen LogP contribution in [0.5, 0.6) is 0 Å². The Labute approximate surface area is 119 Å². The quantitative estimate of drug-likeness (QED) is 0.293. The van der Waals surface area contributed by atoms with Gasteiger partial charge >= 0.3 is 5.97 Å². The smallest absolute Gasteiger partial charge is 0.322 e. The number of carbonyl (C=O) groups is 3. The van der Waals surface area contributed by atoms with Crippen LogP contribution in [0.3, 0.4) is 0 Å². The zero-order chi connectivity index (χ0) is 15.9. The molecule has 0 spiro atoms. The standard InChI is InChI=1S/C12H21BN2O5/c1-7(2)20-11(19)12(13,5-4-9(17)6-14)15-10(18)8(3)16/h6-8,14,16H,4-5,13H2,1-3H3,(H,15,18)/t8-,12?/m0/s1. The Morgan fingerprint density at radius 3 is 2.35 bits per heavy atom. The summed E-state index contributed by atoms with van der Waals surface area (Å²) in [5.74, 6) is -1.87. The van der Waals surface area contributed by atoms with Gasteiger partial charge in [0.15, 0.2) is 5.78 Å². The van der Waals surface area contributed by atoms with E-state index in [0.717, 1.165) is 0 Å². The number of ether oxygens (including phenoxy) is 1. The van der Waals surface area contributed by atoms with E-state index in [1.54, 1.807) is 13.8 Å². The van der Waals surface area contributed by atoms with Crippen LogP contribution in [0.4, 0.5) is 0 Å². The molecule has 112 valence electrons. The number of hydrogen-bond donors (Lipinski definition) is 3. The maximum atomic E-state index is 12.0. The van der Waals surface area contributed by atoms with Crippen molar-refractivity contribution in [2.75, 3.05) is 0 Å². The first-order chi connectivity index (χ1) is 9.12. The maximum Gasteiger partial charge on any atom is 0.322 e. The molecule has 3 N–H and O–H groups in total. The van der Waals surface area contributed by atoms with Crippen LogP contribution in [-0.4, -0.2) is 54.5 Å². The maximum absolute atomic E-state index is 12.0. The lowest BCUT2D eigenvalue weighted by Crippen LogP contribution is -2.58. The van der Waals surface area contributed by atoms with E-state index < -0.39 is 29.2 Å². The molecule has 0 bridgehead atoms. The van der Waals surface area contributed by atoms with Crippen molar-refractivity contribution in [1.82, 2.24) is 5.32 Å². The number of aliphatic hydroxyl groups excluding tert-OH is 1. The summed E-state index contributed by atoms with van der Waals surface area (Å²) in [6.07, 6.45) is -1.08. The van der Waals surface area contributed by atoms with E-state index >= 15 is 0 Å². The van der Waals surface area contributed by atoms with Crippen LogP contribution >= 0.6 is 0 Å². The molecule has 2 atom stereocenters. The van der Waals surface area contributed by atoms with Crippen molar-refractivity contribution in [3.63, 3.8) is 0 Å². The molecule has 0 aromatic heterocycles. The number of esters is 1. The first-order valence-electron chi connectivity index (χ1n) is 6.37. The Morgan fingerprint density at radius 2 is 1.95 bits per heavy atom. The monoisotopic (exact) mass is 284 g/mol. The molecule has 8 heteroatoms. The zero-order valence-electron chi connectivity index (χ0n) is 12.2. The van der Waals surface area contributed by atoms with Crippen LogP contribution in [0, 0.1) is 5.41 Å². The van der Waals surface area contributed by atoms with Crippen LogP contribution < -0.4 is 5.32 Å². The second-order valence-electron chi connectivity index (χ2n) is 5.06. The van der Waals surface area contributed by atoms with E-state index in [4.69, 9.17) is 10.1 Å². The van der Waals surface area contributed by atoms with Crippen LogP contribution in [0.2, 0.25) is 0 Å². The van der Waals surface area contributed by atoms with E-state index in [9.17, 15) is 19.5 Å². The van der Waals surface area contributed by atoms with Gasteiger partial charge in [0.1, 0.15) is 19.4 Å². The van der Waals surface area contributed by atoms with E-state index in [-0.39, 0.29) is 18.9 Å². The Bertz CT molecular complexity index is 397. The molecule has 0 fully saturated rings. The highest BCUT2D eigenvalue weighted by atomic mass is 16.5. The van der Waals surface area contributed by atoms with Gasteiger partial charge in [-0.3, -0.25) is 14.4 Å². The Kier molecular flexibility index (Phi) is 7.13. The Morgan fingerprint density at radius 1 is 1.40 bits per heavy atom. The average molecular weight is 284 g/mol. The number of nitrogens with one attached hydrogen (secondary N) is 2. The SMILES string of the molecule is BC(CCC(=O)C=N)(NC(=O)[C@H](C)O)C(=O)OC(C)C. The van der Waals surface area contributed by atoms with Gasteiger partial charge < -0.3 is 20.6 Å². The van der Waals surface area contributed by atoms with Crippen molar-refractivity contribution in [3.05, 3.63) is 0 Å². The molecule has 0 radical (unpaired) electrons. The lowest BCUT2D eigenvalue weighted by Gasteiger charge is -2.30. The molecule has 1 unspecified atom stereocenters. The average Bonchev–Trinajstić information content (AvgIpc) is 2.34. The normalized spacial score (nSPS) is 15.1.